The molecular formula is C22H22O4S. The highest BCUT2D eigenvalue weighted by Crippen LogP contribution is 2.51. The smallest absolute Gasteiger partial charge is 0.503 e. The van der Waals surface area contributed by atoms with Crippen LogP contribution < -0.4 is 4.74 Å². The maximum absolute atomic E-state index is 12.1. The monoisotopic (exact) mass is 382 g/mol. The van der Waals surface area contributed by atoms with E-state index in [2.05, 4.69) is 13.8 Å². The zero-order chi connectivity index (χ0) is 19.2. The fourth-order valence-electron chi connectivity index (χ4n) is 2.56. The van der Waals surface area contributed by atoms with E-state index in [1.807, 2.05) is 60.7 Å². The fraction of sp³-hybridized carbons (Fsp3) is 0.227. The maximum atomic E-state index is 12.1. The number of thiophene rings is 1. The van der Waals surface area contributed by atoms with Gasteiger partial charge in [0.15, 0.2) is 11.5 Å². The predicted molar refractivity (Wildman–Crippen MR) is 108 cm³/mol. The van der Waals surface area contributed by atoms with Gasteiger partial charge in [0.25, 0.3) is 0 Å². The Morgan fingerprint density at radius 3 is 2.07 bits per heavy atom. The molecule has 4 nitrogen and oxygen atoms in total. The minimum absolute atomic E-state index is 0.0501. The number of ether oxygens (including phenoxy) is 2. The molecule has 0 aliphatic carbocycles. The lowest BCUT2D eigenvalue weighted by Gasteiger charge is -2.08. The number of carbonyl (C=O) groups excluding carboxylic acids is 1. The van der Waals surface area contributed by atoms with E-state index < -0.39 is 6.16 Å². The van der Waals surface area contributed by atoms with Crippen molar-refractivity contribution in [1.29, 1.82) is 0 Å². The Bertz CT molecular complexity index is 885. The largest absolute Gasteiger partial charge is 0.514 e. The number of hydrogen-bond acceptors (Lipinski definition) is 5. The number of rotatable bonds is 6. The van der Waals surface area contributed by atoms with Gasteiger partial charge >= 0.3 is 6.16 Å². The van der Waals surface area contributed by atoms with Crippen LogP contribution in [0.3, 0.4) is 0 Å². The van der Waals surface area contributed by atoms with Crippen LogP contribution in [0.25, 0.3) is 20.9 Å². The van der Waals surface area contributed by atoms with Gasteiger partial charge in [-0.15, -0.1) is 11.3 Å². The lowest BCUT2D eigenvalue weighted by Crippen LogP contribution is -2.12. The normalized spacial score (nSPS) is 10.8. The topological polar surface area (TPSA) is 55.8 Å². The Hall–Kier alpha value is -2.79. The molecule has 140 valence electrons. The van der Waals surface area contributed by atoms with Gasteiger partial charge in [-0.2, -0.15) is 0 Å². The van der Waals surface area contributed by atoms with Gasteiger partial charge in [-0.3, -0.25) is 0 Å². The highest BCUT2D eigenvalue weighted by Gasteiger charge is 2.24. The average molecular weight is 382 g/mol. The third kappa shape index (κ3) is 4.68. The van der Waals surface area contributed by atoms with Gasteiger partial charge in [0.2, 0.25) is 0 Å². The Labute approximate surface area is 163 Å². The summed E-state index contributed by atoms with van der Waals surface area (Å²) in [5.41, 5.74) is 1.73. The number of aromatic hydroxyl groups is 1. The summed E-state index contributed by atoms with van der Waals surface area (Å²) >= 11 is 1.38. The minimum atomic E-state index is -0.805. The summed E-state index contributed by atoms with van der Waals surface area (Å²) in [6.45, 7) is 4.39. The SMILES string of the molecule is CC(C)CCOC(=O)Oc1c(-c2ccccc2)sc(-c2ccccc2)c1O. The highest BCUT2D eigenvalue weighted by atomic mass is 32.1. The molecule has 0 saturated carbocycles. The summed E-state index contributed by atoms with van der Waals surface area (Å²) in [5, 5.41) is 10.8. The van der Waals surface area contributed by atoms with Gasteiger partial charge in [0.05, 0.1) is 16.4 Å². The molecule has 27 heavy (non-hydrogen) atoms. The molecule has 0 aliphatic heterocycles. The van der Waals surface area contributed by atoms with Gasteiger partial charge in [-0.25, -0.2) is 4.79 Å². The van der Waals surface area contributed by atoms with Crippen LogP contribution in [0.5, 0.6) is 11.5 Å². The first-order valence-corrected chi connectivity index (χ1v) is 9.69. The van der Waals surface area contributed by atoms with Gasteiger partial charge in [0.1, 0.15) is 0 Å². The molecule has 3 rings (SSSR count). The zero-order valence-corrected chi connectivity index (χ0v) is 16.2. The van der Waals surface area contributed by atoms with Crippen LogP contribution in [0.1, 0.15) is 20.3 Å². The number of benzene rings is 2. The van der Waals surface area contributed by atoms with Crippen molar-refractivity contribution in [1.82, 2.24) is 0 Å². The molecule has 0 unspecified atom stereocenters. The molecule has 2 aromatic carbocycles. The van der Waals surface area contributed by atoms with Crippen LogP contribution in [-0.2, 0) is 4.74 Å². The van der Waals surface area contributed by atoms with Crippen LogP contribution in [0.4, 0.5) is 4.79 Å². The summed E-state index contributed by atoms with van der Waals surface area (Å²) < 4.78 is 10.6. The molecule has 0 bridgehead atoms. The fourth-order valence-corrected chi connectivity index (χ4v) is 3.69. The highest BCUT2D eigenvalue weighted by molar-refractivity contribution is 7.19. The van der Waals surface area contributed by atoms with Crippen molar-refractivity contribution in [2.24, 2.45) is 5.92 Å². The maximum Gasteiger partial charge on any atom is 0.514 e. The van der Waals surface area contributed by atoms with Crippen LogP contribution in [0.2, 0.25) is 0 Å². The van der Waals surface area contributed by atoms with Crippen molar-refractivity contribution in [3.8, 4) is 32.4 Å². The van der Waals surface area contributed by atoms with E-state index in [1.54, 1.807) is 0 Å². The second-order valence-electron chi connectivity index (χ2n) is 6.55. The first-order chi connectivity index (χ1) is 13.1. The van der Waals surface area contributed by atoms with Crippen LogP contribution in [0.15, 0.2) is 60.7 Å². The molecule has 1 N–H and O–H groups in total. The van der Waals surface area contributed by atoms with Crippen molar-refractivity contribution in [3.63, 3.8) is 0 Å². The molecule has 5 heteroatoms. The van der Waals surface area contributed by atoms with Crippen molar-refractivity contribution in [3.05, 3.63) is 60.7 Å². The van der Waals surface area contributed by atoms with E-state index in [-0.39, 0.29) is 18.1 Å². The molecule has 0 fully saturated rings. The van der Waals surface area contributed by atoms with Gasteiger partial charge < -0.3 is 14.6 Å². The molecule has 0 spiro atoms. The van der Waals surface area contributed by atoms with Crippen LogP contribution in [-0.4, -0.2) is 17.9 Å². The molecule has 0 radical (unpaired) electrons. The summed E-state index contributed by atoms with van der Waals surface area (Å²) in [7, 11) is 0. The molecule has 0 atom stereocenters. The average Bonchev–Trinajstić information content (AvgIpc) is 2.99. The number of carbonyl (C=O) groups is 1. The molecule has 0 saturated heterocycles. The lowest BCUT2D eigenvalue weighted by molar-refractivity contribution is 0.0942. The first-order valence-electron chi connectivity index (χ1n) is 8.87. The second kappa shape index (κ2) is 8.73. The molecular weight excluding hydrogens is 360 g/mol. The van der Waals surface area contributed by atoms with E-state index in [9.17, 15) is 9.90 Å². The molecule has 1 aromatic heterocycles. The standard InChI is InChI=1S/C22H22O4S/c1-15(2)13-14-25-22(24)26-19-18(23)20(16-9-5-3-6-10-16)27-21(19)17-11-7-4-8-12-17/h3-12,15,23H,13-14H2,1-2H3. The summed E-state index contributed by atoms with van der Waals surface area (Å²) in [6.07, 6.45) is -0.0496. The zero-order valence-electron chi connectivity index (χ0n) is 15.3. The molecule has 3 aromatic rings. The Balaban J connectivity index is 1.93. The van der Waals surface area contributed by atoms with Gasteiger partial charge in [0, 0.05) is 0 Å². The van der Waals surface area contributed by atoms with Crippen LogP contribution in [0, 0.1) is 5.92 Å². The van der Waals surface area contributed by atoms with Gasteiger partial charge in [-0.05, 0) is 23.5 Å². The van der Waals surface area contributed by atoms with Crippen LogP contribution >= 0.6 is 11.3 Å². The van der Waals surface area contributed by atoms with E-state index in [1.165, 1.54) is 11.3 Å². The summed E-state index contributed by atoms with van der Waals surface area (Å²) in [4.78, 5) is 13.5. The quantitative estimate of drug-likeness (QED) is 0.505. The minimum Gasteiger partial charge on any atom is -0.503 e. The Kier molecular flexibility index (Phi) is 6.14. The van der Waals surface area contributed by atoms with E-state index in [0.29, 0.717) is 15.7 Å². The Morgan fingerprint density at radius 1 is 0.963 bits per heavy atom. The van der Waals surface area contributed by atoms with Gasteiger partial charge in [-0.1, -0.05) is 74.5 Å². The van der Waals surface area contributed by atoms with Crippen molar-refractivity contribution in [2.75, 3.05) is 6.61 Å². The summed E-state index contributed by atoms with van der Waals surface area (Å²) in [6, 6.07) is 19.1. The van der Waals surface area contributed by atoms with E-state index in [0.717, 1.165) is 17.5 Å². The summed E-state index contributed by atoms with van der Waals surface area (Å²) in [5.74, 6) is 0.516. The van der Waals surface area contributed by atoms with Crippen molar-refractivity contribution >= 4 is 17.5 Å². The third-order valence-electron chi connectivity index (χ3n) is 4.01. The Morgan fingerprint density at radius 2 is 1.52 bits per heavy atom. The van der Waals surface area contributed by atoms with E-state index >= 15 is 0 Å². The lowest BCUT2D eigenvalue weighted by atomic mass is 10.1. The van der Waals surface area contributed by atoms with E-state index in [4.69, 9.17) is 9.47 Å². The third-order valence-corrected chi connectivity index (χ3v) is 5.27. The molecule has 0 aliphatic rings. The molecule has 1 heterocycles. The predicted octanol–water partition coefficient (Wildman–Crippen LogP) is 6.35. The van der Waals surface area contributed by atoms with Crippen molar-refractivity contribution < 1.29 is 19.4 Å². The number of hydrogen-bond donors (Lipinski definition) is 1. The second-order valence-corrected chi connectivity index (χ2v) is 7.57. The molecule has 0 amide bonds. The first kappa shape index (κ1) is 19.0. The van der Waals surface area contributed by atoms with Crippen molar-refractivity contribution in [2.45, 2.75) is 20.3 Å².